The number of amides is 1. The number of hydrogen-bond acceptors (Lipinski definition) is 7. The van der Waals surface area contributed by atoms with E-state index in [2.05, 4.69) is 25.9 Å². The van der Waals surface area contributed by atoms with Gasteiger partial charge in [0.1, 0.15) is 22.9 Å². The van der Waals surface area contributed by atoms with Gasteiger partial charge in [-0.25, -0.2) is 18.2 Å². The highest BCUT2D eigenvalue weighted by Gasteiger charge is 2.28. The molecule has 3 aromatic rings. The van der Waals surface area contributed by atoms with Crippen LogP contribution in [-0.2, 0) is 32.6 Å². The molecule has 0 aliphatic heterocycles. The molecule has 0 radical (unpaired) electrons. The maximum absolute atomic E-state index is 13.5. The first-order valence-corrected chi connectivity index (χ1v) is 13.4. The third kappa shape index (κ3) is 8.07. The van der Waals surface area contributed by atoms with Gasteiger partial charge in [0.05, 0.1) is 12.2 Å². The van der Waals surface area contributed by atoms with Gasteiger partial charge >= 0.3 is 12.1 Å². The maximum atomic E-state index is 13.5. The van der Waals surface area contributed by atoms with Crippen LogP contribution < -0.4 is 4.90 Å². The van der Waals surface area contributed by atoms with Crippen LogP contribution in [0.5, 0.6) is 0 Å². The van der Waals surface area contributed by atoms with Crippen LogP contribution in [0.15, 0.2) is 76.4 Å². The van der Waals surface area contributed by atoms with Crippen molar-refractivity contribution < 1.29 is 27.9 Å². The second-order valence-electron chi connectivity index (χ2n) is 9.04. The van der Waals surface area contributed by atoms with Crippen LogP contribution >= 0.6 is 15.9 Å². The monoisotopic (exact) mass is 590 g/mol. The Balaban J connectivity index is 1.97. The van der Waals surface area contributed by atoms with Crippen LogP contribution in [-0.4, -0.2) is 52.0 Å². The number of halogens is 1. The number of carbonyl (C=O) groups is 2. The zero-order valence-corrected chi connectivity index (χ0v) is 22.9. The second kappa shape index (κ2) is 11.8. The molecule has 2 aromatic heterocycles. The highest BCUT2D eigenvalue weighted by atomic mass is 79.9. The highest BCUT2D eigenvalue weighted by molar-refractivity contribution is 9.10. The van der Waals surface area contributed by atoms with E-state index in [9.17, 15) is 23.1 Å². The number of aromatic nitrogens is 2. The number of aliphatic carboxylic acids is 1. The van der Waals surface area contributed by atoms with Crippen molar-refractivity contribution in [2.24, 2.45) is 0 Å². The summed E-state index contributed by atoms with van der Waals surface area (Å²) >= 11 is 3.38. The zero-order chi connectivity index (χ0) is 27.2. The smallest absolute Gasteiger partial charge is 0.416 e. The third-order valence-electron chi connectivity index (χ3n) is 4.86. The van der Waals surface area contributed by atoms with Gasteiger partial charge in [-0.05, 0) is 62.7 Å². The predicted molar refractivity (Wildman–Crippen MR) is 140 cm³/mol. The normalized spacial score (nSPS) is 11.8. The molecule has 1 N–H and O–H groups in total. The number of anilines is 1. The number of nitrogens with zero attached hydrogens (tertiary/aromatic N) is 4. The van der Waals surface area contributed by atoms with Crippen molar-refractivity contribution in [3.8, 4) is 0 Å². The highest BCUT2D eigenvalue weighted by Crippen LogP contribution is 2.23. The largest absolute Gasteiger partial charge is 0.480 e. The molecule has 0 aliphatic carbocycles. The van der Waals surface area contributed by atoms with Crippen LogP contribution in [0.25, 0.3) is 0 Å². The van der Waals surface area contributed by atoms with Gasteiger partial charge in [0.25, 0.3) is 0 Å². The first-order chi connectivity index (χ1) is 17.3. The number of ether oxygens (including phenoxy) is 1. The van der Waals surface area contributed by atoms with Gasteiger partial charge in [-0.15, -0.1) is 0 Å². The van der Waals surface area contributed by atoms with Crippen molar-refractivity contribution in [1.29, 1.82) is 0 Å². The van der Waals surface area contributed by atoms with Gasteiger partial charge in [-0.1, -0.05) is 34.1 Å². The van der Waals surface area contributed by atoms with E-state index in [1.165, 1.54) is 34.9 Å². The average Bonchev–Trinajstić information content (AvgIpc) is 2.83. The molecule has 12 heteroatoms. The van der Waals surface area contributed by atoms with Gasteiger partial charge in [-0.3, -0.25) is 14.7 Å². The Kier molecular flexibility index (Phi) is 9.00. The summed E-state index contributed by atoms with van der Waals surface area (Å²) in [4.78, 5) is 33.4. The van der Waals surface area contributed by atoms with E-state index >= 15 is 0 Å². The minimum absolute atomic E-state index is 0.0181. The Bertz CT molecular complexity index is 1350. The lowest BCUT2D eigenvalue weighted by Crippen LogP contribution is -2.40. The third-order valence-corrected chi connectivity index (χ3v) is 7.16. The summed E-state index contributed by atoms with van der Waals surface area (Å²) < 4.78 is 34.5. The number of pyridine rings is 2. The topological polar surface area (TPSA) is 130 Å². The molecule has 0 atom stereocenters. The number of hydrogen-bond donors (Lipinski definition) is 1. The summed E-state index contributed by atoms with van der Waals surface area (Å²) in [6.07, 6.45) is 1.87. The zero-order valence-electron chi connectivity index (χ0n) is 20.5. The Labute approximate surface area is 224 Å². The molecule has 0 fully saturated rings. The van der Waals surface area contributed by atoms with Crippen molar-refractivity contribution in [1.82, 2.24) is 14.3 Å². The lowest BCUT2D eigenvalue weighted by molar-refractivity contribution is -0.135. The van der Waals surface area contributed by atoms with Gasteiger partial charge in [0.15, 0.2) is 0 Å². The molecule has 0 saturated heterocycles. The molecule has 2 heterocycles. The van der Waals surface area contributed by atoms with Crippen LogP contribution in [0.3, 0.4) is 0 Å². The molecule has 0 saturated carbocycles. The number of carboxylic acids is 1. The molecule has 37 heavy (non-hydrogen) atoms. The summed E-state index contributed by atoms with van der Waals surface area (Å²) in [5.41, 5.74) is 0.194. The quantitative estimate of drug-likeness (QED) is 0.386. The second-order valence-corrected chi connectivity index (χ2v) is 11.9. The Morgan fingerprint density at radius 2 is 1.73 bits per heavy atom. The molecule has 3 rings (SSSR count). The lowest BCUT2D eigenvalue weighted by Gasteiger charge is -2.26. The van der Waals surface area contributed by atoms with E-state index in [4.69, 9.17) is 4.74 Å². The molecule has 196 valence electrons. The molecule has 10 nitrogen and oxygen atoms in total. The van der Waals surface area contributed by atoms with E-state index in [0.717, 1.165) is 14.9 Å². The van der Waals surface area contributed by atoms with Crippen LogP contribution in [0, 0.1) is 0 Å². The molecule has 0 unspecified atom stereocenters. The molecule has 1 amide bonds. The summed E-state index contributed by atoms with van der Waals surface area (Å²) in [7, 11) is -3.98. The first kappa shape index (κ1) is 28.2. The van der Waals surface area contributed by atoms with E-state index in [0.29, 0.717) is 5.69 Å². The fourth-order valence-electron chi connectivity index (χ4n) is 3.25. The summed E-state index contributed by atoms with van der Waals surface area (Å²) in [6, 6.07) is 14.9. The fraction of sp³-hybridized carbons (Fsp3) is 0.280. The van der Waals surface area contributed by atoms with Crippen molar-refractivity contribution in [2.45, 2.75) is 44.4 Å². The van der Waals surface area contributed by atoms with E-state index in [1.807, 2.05) is 12.1 Å². The van der Waals surface area contributed by atoms with Gasteiger partial charge < -0.3 is 9.84 Å². The molecule has 1 aromatic carbocycles. The van der Waals surface area contributed by atoms with Gasteiger partial charge in [-0.2, -0.15) is 4.31 Å². The van der Waals surface area contributed by atoms with Crippen LogP contribution in [0.4, 0.5) is 10.6 Å². The number of benzene rings is 1. The van der Waals surface area contributed by atoms with E-state index in [-0.39, 0.29) is 23.8 Å². The summed E-state index contributed by atoms with van der Waals surface area (Å²) in [5.74, 6) is -1.23. The molecular weight excluding hydrogens is 564 g/mol. The number of carbonyl (C=O) groups excluding carboxylic acids is 1. The van der Waals surface area contributed by atoms with Crippen molar-refractivity contribution in [3.05, 3.63) is 82.7 Å². The van der Waals surface area contributed by atoms with E-state index in [1.54, 1.807) is 45.0 Å². The molecule has 0 bridgehead atoms. The minimum atomic E-state index is -3.98. The fourth-order valence-corrected chi connectivity index (χ4v) is 4.87. The van der Waals surface area contributed by atoms with Crippen molar-refractivity contribution in [3.63, 3.8) is 0 Å². The van der Waals surface area contributed by atoms with Gasteiger partial charge in [0.2, 0.25) is 10.0 Å². The Morgan fingerprint density at radius 3 is 2.32 bits per heavy atom. The Morgan fingerprint density at radius 1 is 1.03 bits per heavy atom. The van der Waals surface area contributed by atoms with Crippen molar-refractivity contribution >= 4 is 43.8 Å². The van der Waals surface area contributed by atoms with Crippen LogP contribution in [0.2, 0.25) is 0 Å². The summed E-state index contributed by atoms with van der Waals surface area (Å²) in [6.45, 7) is 4.21. The van der Waals surface area contributed by atoms with Crippen molar-refractivity contribution in [2.75, 3.05) is 11.4 Å². The van der Waals surface area contributed by atoms with Gasteiger partial charge in [0, 0.05) is 23.4 Å². The summed E-state index contributed by atoms with van der Waals surface area (Å²) in [5, 5.41) is 9.35. The Hall–Kier alpha value is -3.35. The number of rotatable bonds is 9. The number of carboxylic acid groups (broad SMARTS) is 1. The van der Waals surface area contributed by atoms with E-state index < -0.39 is 34.2 Å². The van der Waals surface area contributed by atoms with Crippen LogP contribution in [0.1, 0.15) is 32.0 Å². The SMILES string of the molecule is CC(C)(C)OC(=O)N(CC(=O)O)c1cccc(CN(Cc2ccc(Br)cc2)S(=O)(=O)c2cccnc2)n1. The number of sulfonamides is 1. The first-order valence-electron chi connectivity index (χ1n) is 11.2. The minimum Gasteiger partial charge on any atom is -0.480 e. The molecule has 0 spiro atoms. The lowest BCUT2D eigenvalue weighted by atomic mass is 10.2. The predicted octanol–water partition coefficient (Wildman–Crippen LogP) is 4.46. The molecule has 0 aliphatic rings. The molecular formula is C25H27BrN4O6S. The average molecular weight is 591 g/mol. The maximum Gasteiger partial charge on any atom is 0.416 e. The standard InChI is InChI=1S/C25H27BrN4O6S/c1-25(2,3)36-24(33)30(17-23(31)32)22-8-4-6-20(28-22)16-29(15-18-9-11-19(26)12-10-18)37(34,35)21-7-5-13-27-14-21/h4-14H,15-17H2,1-3H3,(H,31,32).